The average Bonchev–Trinajstić information content (AvgIpc) is 3.23. The van der Waals surface area contributed by atoms with Gasteiger partial charge < -0.3 is 14.7 Å². The predicted octanol–water partition coefficient (Wildman–Crippen LogP) is 1.44. The highest BCUT2D eigenvalue weighted by Gasteiger charge is 2.35. The summed E-state index contributed by atoms with van der Waals surface area (Å²) in [6.07, 6.45) is 1.31. The zero-order valence-electron chi connectivity index (χ0n) is 13.8. The van der Waals surface area contributed by atoms with E-state index in [1.165, 1.54) is 4.90 Å². The Labute approximate surface area is 135 Å². The second-order valence-electron chi connectivity index (χ2n) is 7.26. The fourth-order valence-electron chi connectivity index (χ4n) is 2.85. The zero-order chi connectivity index (χ0) is 16.8. The summed E-state index contributed by atoms with van der Waals surface area (Å²) < 4.78 is 7.11. The van der Waals surface area contributed by atoms with E-state index in [1.54, 1.807) is 0 Å². The number of hydrogen-bond acceptors (Lipinski definition) is 4. The predicted molar refractivity (Wildman–Crippen MR) is 82.5 cm³/mol. The third kappa shape index (κ3) is 3.24. The van der Waals surface area contributed by atoms with Crippen molar-refractivity contribution in [1.82, 2.24) is 14.7 Å². The van der Waals surface area contributed by atoms with Crippen LogP contribution in [-0.2, 0) is 15.1 Å². The van der Waals surface area contributed by atoms with Crippen molar-refractivity contribution in [2.45, 2.75) is 51.2 Å². The topological polar surface area (TPSA) is 84.7 Å². The number of ether oxygens (including phenoxy) is 1. The highest BCUT2D eigenvalue weighted by atomic mass is 16.5. The summed E-state index contributed by atoms with van der Waals surface area (Å²) in [6, 6.07) is 1.87. The summed E-state index contributed by atoms with van der Waals surface area (Å²) in [5.41, 5.74) is 1.31. The molecular weight excluding hydrogens is 298 g/mol. The molecule has 1 saturated heterocycles. The normalized spacial score (nSPS) is 22.2. The zero-order valence-corrected chi connectivity index (χ0v) is 13.8. The van der Waals surface area contributed by atoms with Crippen molar-refractivity contribution < 1.29 is 19.4 Å². The molecule has 0 aromatic carbocycles. The molecule has 2 aliphatic rings. The number of rotatable bonds is 3. The number of nitrogens with zero attached hydrogens (tertiary/aromatic N) is 3. The maximum absolute atomic E-state index is 12.7. The van der Waals surface area contributed by atoms with Crippen LogP contribution in [0.2, 0.25) is 0 Å². The van der Waals surface area contributed by atoms with Crippen molar-refractivity contribution in [3.63, 3.8) is 0 Å². The molecule has 1 aromatic heterocycles. The van der Waals surface area contributed by atoms with Gasteiger partial charge in [0, 0.05) is 18.2 Å². The quantitative estimate of drug-likeness (QED) is 0.910. The maximum Gasteiger partial charge on any atom is 0.334 e. The van der Waals surface area contributed by atoms with E-state index in [1.807, 2.05) is 10.7 Å². The number of carboxylic acids is 1. The van der Waals surface area contributed by atoms with E-state index >= 15 is 0 Å². The molecule has 0 bridgehead atoms. The largest absolute Gasteiger partial charge is 0.479 e. The molecule has 3 rings (SSSR count). The van der Waals surface area contributed by atoms with Crippen LogP contribution in [0.4, 0.5) is 0 Å². The fourth-order valence-corrected chi connectivity index (χ4v) is 2.85. The van der Waals surface area contributed by atoms with E-state index in [-0.39, 0.29) is 24.6 Å². The molecule has 2 fully saturated rings. The van der Waals surface area contributed by atoms with Crippen molar-refractivity contribution in [2.24, 2.45) is 0 Å². The number of carbonyl (C=O) groups is 2. The molecule has 0 unspecified atom stereocenters. The molecule has 2 heterocycles. The molecule has 1 aliphatic heterocycles. The standard InChI is InChI=1S/C16H23N3O4/c1-16(2,3)19-12(10-4-5-10)8-11(17-19)14(20)18-6-7-23-13(9-18)15(21)22/h8,10,13H,4-7,9H2,1-3H3,(H,21,22)/t13-/m1/s1. The molecule has 1 N–H and O–H groups in total. The van der Waals surface area contributed by atoms with Gasteiger partial charge in [0.25, 0.3) is 5.91 Å². The first-order chi connectivity index (χ1) is 10.8. The SMILES string of the molecule is CC(C)(C)n1nc(C(=O)N2CCO[C@@H](C(=O)O)C2)cc1C1CC1. The van der Waals surface area contributed by atoms with Crippen LogP contribution in [0.3, 0.4) is 0 Å². The van der Waals surface area contributed by atoms with E-state index in [0.29, 0.717) is 18.2 Å². The summed E-state index contributed by atoms with van der Waals surface area (Å²) in [7, 11) is 0. The van der Waals surface area contributed by atoms with Crippen LogP contribution in [0.15, 0.2) is 6.07 Å². The second kappa shape index (κ2) is 5.63. The number of aromatic nitrogens is 2. The molecular formula is C16H23N3O4. The van der Waals surface area contributed by atoms with Gasteiger partial charge in [0.1, 0.15) is 0 Å². The summed E-state index contributed by atoms with van der Waals surface area (Å²) in [6.45, 7) is 6.89. The Morgan fingerprint density at radius 2 is 2.04 bits per heavy atom. The Morgan fingerprint density at radius 1 is 1.35 bits per heavy atom. The third-order valence-corrected chi connectivity index (χ3v) is 4.22. The maximum atomic E-state index is 12.7. The molecule has 1 saturated carbocycles. The van der Waals surface area contributed by atoms with Crippen molar-refractivity contribution in [1.29, 1.82) is 0 Å². The van der Waals surface area contributed by atoms with Crippen LogP contribution in [0.1, 0.15) is 55.7 Å². The van der Waals surface area contributed by atoms with Gasteiger partial charge in [-0.05, 0) is 39.7 Å². The van der Waals surface area contributed by atoms with Crippen LogP contribution in [0, 0.1) is 0 Å². The van der Waals surface area contributed by atoms with Gasteiger partial charge in [-0.2, -0.15) is 5.10 Å². The first-order valence-electron chi connectivity index (χ1n) is 8.01. The minimum Gasteiger partial charge on any atom is -0.479 e. The van der Waals surface area contributed by atoms with Crippen LogP contribution in [0.5, 0.6) is 0 Å². The lowest BCUT2D eigenvalue weighted by molar-refractivity contribution is -0.154. The van der Waals surface area contributed by atoms with Gasteiger partial charge >= 0.3 is 5.97 Å². The third-order valence-electron chi connectivity index (χ3n) is 4.22. The second-order valence-corrected chi connectivity index (χ2v) is 7.26. The molecule has 1 aliphatic carbocycles. The van der Waals surface area contributed by atoms with E-state index < -0.39 is 12.1 Å². The number of aliphatic carboxylic acids is 1. The Kier molecular flexibility index (Phi) is 3.91. The average molecular weight is 321 g/mol. The van der Waals surface area contributed by atoms with Crippen LogP contribution in [0.25, 0.3) is 0 Å². The van der Waals surface area contributed by atoms with Gasteiger partial charge in [-0.3, -0.25) is 9.48 Å². The molecule has 1 atom stereocenters. The highest BCUT2D eigenvalue weighted by molar-refractivity contribution is 5.93. The molecule has 0 radical (unpaired) electrons. The van der Waals surface area contributed by atoms with E-state index in [4.69, 9.17) is 9.84 Å². The number of hydrogen-bond donors (Lipinski definition) is 1. The van der Waals surface area contributed by atoms with Crippen molar-refractivity contribution in [3.05, 3.63) is 17.5 Å². The van der Waals surface area contributed by atoms with Gasteiger partial charge in [0.2, 0.25) is 0 Å². The lowest BCUT2D eigenvalue weighted by atomic mass is 10.1. The highest BCUT2D eigenvalue weighted by Crippen LogP contribution is 2.41. The van der Waals surface area contributed by atoms with Crippen molar-refractivity contribution in [3.8, 4) is 0 Å². The van der Waals surface area contributed by atoms with Crippen molar-refractivity contribution in [2.75, 3.05) is 19.7 Å². The summed E-state index contributed by atoms with van der Waals surface area (Å²) in [5, 5.41) is 13.6. The Bertz CT molecular complexity index is 628. The van der Waals surface area contributed by atoms with Gasteiger partial charge in [0.15, 0.2) is 11.8 Å². The van der Waals surface area contributed by atoms with Crippen molar-refractivity contribution >= 4 is 11.9 Å². The summed E-state index contributed by atoms with van der Waals surface area (Å²) >= 11 is 0. The molecule has 7 nitrogen and oxygen atoms in total. The van der Waals surface area contributed by atoms with Crippen LogP contribution < -0.4 is 0 Å². The lowest BCUT2D eigenvalue weighted by Crippen LogP contribution is -2.48. The van der Waals surface area contributed by atoms with Gasteiger partial charge in [-0.15, -0.1) is 0 Å². The summed E-state index contributed by atoms with van der Waals surface area (Å²) in [4.78, 5) is 25.3. The first-order valence-corrected chi connectivity index (χ1v) is 8.01. The van der Waals surface area contributed by atoms with E-state index in [0.717, 1.165) is 18.5 Å². The molecule has 126 valence electrons. The number of carbonyl (C=O) groups excluding carboxylic acids is 1. The van der Waals surface area contributed by atoms with Crippen LogP contribution in [-0.4, -0.2) is 57.5 Å². The number of carboxylic acid groups (broad SMARTS) is 1. The van der Waals surface area contributed by atoms with Gasteiger partial charge in [-0.1, -0.05) is 0 Å². The Morgan fingerprint density at radius 3 is 2.61 bits per heavy atom. The van der Waals surface area contributed by atoms with E-state index in [2.05, 4.69) is 25.9 Å². The molecule has 23 heavy (non-hydrogen) atoms. The van der Waals surface area contributed by atoms with E-state index in [9.17, 15) is 9.59 Å². The Hall–Kier alpha value is -1.89. The van der Waals surface area contributed by atoms with Crippen LogP contribution >= 0.6 is 0 Å². The fraction of sp³-hybridized carbons (Fsp3) is 0.688. The smallest absolute Gasteiger partial charge is 0.334 e. The molecule has 0 spiro atoms. The van der Waals surface area contributed by atoms with Gasteiger partial charge in [0.05, 0.1) is 18.7 Å². The minimum atomic E-state index is -1.04. The number of morpholine rings is 1. The molecule has 1 amide bonds. The monoisotopic (exact) mass is 321 g/mol. The number of amides is 1. The Balaban J connectivity index is 1.83. The molecule has 7 heteroatoms. The summed E-state index contributed by atoms with van der Waals surface area (Å²) in [5.74, 6) is -0.773. The molecule has 1 aromatic rings. The first kappa shape index (κ1) is 16.0. The lowest BCUT2D eigenvalue weighted by Gasteiger charge is -2.30. The minimum absolute atomic E-state index is 0.0648. The van der Waals surface area contributed by atoms with Gasteiger partial charge in [-0.25, -0.2) is 4.79 Å².